The maximum Gasteiger partial charge on any atom is 0.243 e. The fourth-order valence-electron chi connectivity index (χ4n) is 2.17. The summed E-state index contributed by atoms with van der Waals surface area (Å²) in [6.07, 6.45) is 0.623. The van der Waals surface area contributed by atoms with Crippen LogP contribution in [0.5, 0.6) is 5.75 Å². The van der Waals surface area contributed by atoms with Crippen LogP contribution in [0.25, 0.3) is 0 Å². The SMILES string of the molecule is COc1ccc(S(=O)(=O)N2CCOCCC2C)cc1F. The Kier molecular flexibility index (Phi) is 4.62. The summed E-state index contributed by atoms with van der Waals surface area (Å²) < 4.78 is 50.3. The Morgan fingerprint density at radius 3 is 2.80 bits per heavy atom. The van der Waals surface area contributed by atoms with Crippen molar-refractivity contribution >= 4 is 10.0 Å². The van der Waals surface area contributed by atoms with Gasteiger partial charge >= 0.3 is 0 Å². The molecule has 1 fully saturated rings. The Morgan fingerprint density at radius 2 is 2.15 bits per heavy atom. The first-order valence-corrected chi connectivity index (χ1v) is 7.84. The maximum atomic E-state index is 13.7. The summed E-state index contributed by atoms with van der Waals surface area (Å²) in [6, 6.07) is 3.50. The normalized spacial score (nSPS) is 21.4. The van der Waals surface area contributed by atoms with E-state index in [-0.39, 0.29) is 23.2 Å². The van der Waals surface area contributed by atoms with Crippen LogP contribution >= 0.6 is 0 Å². The van der Waals surface area contributed by atoms with E-state index in [4.69, 9.17) is 9.47 Å². The molecule has 0 amide bonds. The number of benzene rings is 1. The largest absolute Gasteiger partial charge is 0.494 e. The van der Waals surface area contributed by atoms with Gasteiger partial charge in [-0.15, -0.1) is 0 Å². The van der Waals surface area contributed by atoms with E-state index in [9.17, 15) is 12.8 Å². The Balaban J connectivity index is 2.36. The summed E-state index contributed by atoms with van der Waals surface area (Å²) in [7, 11) is -2.39. The molecule has 0 radical (unpaired) electrons. The minimum atomic E-state index is -3.72. The molecule has 5 nitrogen and oxygen atoms in total. The van der Waals surface area contributed by atoms with E-state index in [1.54, 1.807) is 0 Å². The van der Waals surface area contributed by atoms with Crippen LogP contribution in [0.1, 0.15) is 13.3 Å². The van der Waals surface area contributed by atoms with Gasteiger partial charge in [-0.05, 0) is 31.5 Å². The lowest BCUT2D eigenvalue weighted by molar-refractivity contribution is 0.148. The molecule has 20 heavy (non-hydrogen) atoms. The fraction of sp³-hybridized carbons (Fsp3) is 0.538. The first-order valence-electron chi connectivity index (χ1n) is 6.40. The van der Waals surface area contributed by atoms with Crippen molar-refractivity contribution in [1.82, 2.24) is 4.31 Å². The van der Waals surface area contributed by atoms with Gasteiger partial charge in [0.2, 0.25) is 10.0 Å². The average molecular weight is 303 g/mol. The van der Waals surface area contributed by atoms with Gasteiger partial charge in [0, 0.05) is 19.2 Å². The zero-order valence-electron chi connectivity index (χ0n) is 11.5. The van der Waals surface area contributed by atoms with Gasteiger partial charge in [0.15, 0.2) is 11.6 Å². The van der Waals surface area contributed by atoms with Gasteiger partial charge in [0.05, 0.1) is 18.6 Å². The van der Waals surface area contributed by atoms with Crippen molar-refractivity contribution in [1.29, 1.82) is 0 Å². The fourth-order valence-corrected chi connectivity index (χ4v) is 3.83. The lowest BCUT2D eigenvalue weighted by Gasteiger charge is -2.25. The molecule has 1 aromatic rings. The van der Waals surface area contributed by atoms with Crippen LogP contribution < -0.4 is 4.74 Å². The molecule has 1 saturated heterocycles. The van der Waals surface area contributed by atoms with E-state index in [1.165, 1.54) is 23.5 Å². The van der Waals surface area contributed by atoms with Gasteiger partial charge in [-0.25, -0.2) is 12.8 Å². The number of halogens is 1. The van der Waals surface area contributed by atoms with Gasteiger partial charge < -0.3 is 9.47 Å². The zero-order chi connectivity index (χ0) is 14.8. The molecular weight excluding hydrogens is 285 g/mol. The van der Waals surface area contributed by atoms with Crippen LogP contribution in [0.2, 0.25) is 0 Å². The highest BCUT2D eigenvalue weighted by Gasteiger charge is 2.30. The molecule has 0 aliphatic carbocycles. The van der Waals surface area contributed by atoms with Crippen molar-refractivity contribution < 1.29 is 22.3 Å². The van der Waals surface area contributed by atoms with Crippen molar-refractivity contribution in [2.75, 3.05) is 26.9 Å². The van der Waals surface area contributed by atoms with Crippen LogP contribution in [0, 0.1) is 5.82 Å². The number of nitrogens with zero attached hydrogens (tertiary/aromatic N) is 1. The van der Waals surface area contributed by atoms with Crippen LogP contribution in [0.15, 0.2) is 23.1 Å². The highest BCUT2D eigenvalue weighted by atomic mass is 32.2. The molecule has 1 heterocycles. The first kappa shape index (κ1) is 15.2. The highest BCUT2D eigenvalue weighted by Crippen LogP contribution is 2.25. The van der Waals surface area contributed by atoms with E-state index in [2.05, 4.69) is 0 Å². The number of ether oxygens (including phenoxy) is 2. The molecule has 0 aromatic heterocycles. The molecule has 1 unspecified atom stereocenters. The number of rotatable bonds is 3. The molecule has 0 bridgehead atoms. The quantitative estimate of drug-likeness (QED) is 0.852. The monoisotopic (exact) mass is 303 g/mol. The van der Waals surface area contributed by atoms with Crippen molar-refractivity contribution in [2.45, 2.75) is 24.3 Å². The van der Waals surface area contributed by atoms with E-state index in [1.807, 2.05) is 6.92 Å². The van der Waals surface area contributed by atoms with E-state index in [0.717, 1.165) is 6.07 Å². The van der Waals surface area contributed by atoms with Crippen LogP contribution in [0.4, 0.5) is 4.39 Å². The molecule has 112 valence electrons. The summed E-state index contributed by atoms with van der Waals surface area (Å²) in [6.45, 7) is 2.98. The molecular formula is C13H18FNO4S. The van der Waals surface area contributed by atoms with Crippen molar-refractivity contribution in [3.8, 4) is 5.75 Å². The first-order chi connectivity index (χ1) is 9.46. The van der Waals surface area contributed by atoms with Crippen molar-refractivity contribution in [2.24, 2.45) is 0 Å². The van der Waals surface area contributed by atoms with Crippen LogP contribution in [-0.4, -0.2) is 45.6 Å². The second-order valence-corrected chi connectivity index (χ2v) is 6.55. The van der Waals surface area contributed by atoms with Gasteiger partial charge in [-0.1, -0.05) is 0 Å². The molecule has 0 saturated carbocycles. The lowest BCUT2D eigenvalue weighted by Crippen LogP contribution is -2.39. The van der Waals surface area contributed by atoms with E-state index >= 15 is 0 Å². The summed E-state index contributed by atoms with van der Waals surface area (Å²) in [5.41, 5.74) is 0. The smallest absolute Gasteiger partial charge is 0.243 e. The lowest BCUT2D eigenvalue weighted by atomic mass is 10.2. The molecule has 1 atom stereocenters. The Labute approximate surface area is 118 Å². The van der Waals surface area contributed by atoms with E-state index in [0.29, 0.717) is 19.6 Å². The third kappa shape index (κ3) is 2.94. The van der Waals surface area contributed by atoms with Crippen LogP contribution in [0.3, 0.4) is 0 Å². The maximum absolute atomic E-state index is 13.7. The second-order valence-electron chi connectivity index (χ2n) is 4.66. The minimum Gasteiger partial charge on any atom is -0.494 e. The molecule has 0 N–H and O–H groups in total. The third-order valence-electron chi connectivity index (χ3n) is 3.36. The summed E-state index contributed by atoms with van der Waals surface area (Å²) in [5, 5.41) is 0. The van der Waals surface area contributed by atoms with Gasteiger partial charge in [-0.3, -0.25) is 0 Å². The molecule has 1 aliphatic heterocycles. The van der Waals surface area contributed by atoms with Crippen molar-refractivity contribution in [3.05, 3.63) is 24.0 Å². The predicted octanol–water partition coefficient (Wildman–Crippen LogP) is 1.63. The summed E-state index contributed by atoms with van der Waals surface area (Å²) in [5.74, 6) is -0.663. The summed E-state index contributed by atoms with van der Waals surface area (Å²) in [4.78, 5) is -0.0652. The average Bonchev–Trinajstić information content (AvgIpc) is 2.63. The Hall–Kier alpha value is -1.18. The molecule has 0 spiro atoms. The second kappa shape index (κ2) is 6.07. The highest BCUT2D eigenvalue weighted by molar-refractivity contribution is 7.89. The van der Waals surface area contributed by atoms with Gasteiger partial charge in [0.25, 0.3) is 0 Å². The molecule has 2 rings (SSSR count). The minimum absolute atomic E-state index is 0.0243. The Morgan fingerprint density at radius 1 is 1.40 bits per heavy atom. The topological polar surface area (TPSA) is 55.8 Å². The van der Waals surface area contributed by atoms with Crippen molar-refractivity contribution in [3.63, 3.8) is 0 Å². The van der Waals surface area contributed by atoms with Gasteiger partial charge in [0.1, 0.15) is 0 Å². The van der Waals surface area contributed by atoms with Gasteiger partial charge in [-0.2, -0.15) is 4.31 Å². The molecule has 7 heteroatoms. The number of hydrogen-bond acceptors (Lipinski definition) is 4. The third-order valence-corrected chi connectivity index (χ3v) is 5.37. The standard InChI is InChI=1S/C13H18FNO4S/c1-10-5-7-19-8-6-15(10)20(16,17)11-3-4-13(18-2)12(14)9-11/h3-4,9-10H,5-8H2,1-2H3. The molecule has 1 aliphatic rings. The zero-order valence-corrected chi connectivity index (χ0v) is 12.3. The number of sulfonamides is 1. The van der Waals surface area contributed by atoms with Crippen LogP contribution in [-0.2, 0) is 14.8 Å². The summed E-state index contributed by atoms with van der Waals surface area (Å²) >= 11 is 0. The van der Waals surface area contributed by atoms with E-state index < -0.39 is 15.8 Å². The molecule has 1 aromatic carbocycles. The number of hydrogen-bond donors (Lipinski definition) is 0. The predicted molar refractivity (Wildman–Crippen MR) is 71.7 cm³/mol. The number of methoxy groups -OCH3 is 1. The Bertz CT molecular complexity index is 576.